The van der Waals surface area contributed by atoms with Gasteiger partial charge in [0.2, 0.25) is 0 Å². The number of aromatic nitrogens is 2. The molecule has 1 N–H and O–H groups in total. The van der Waals surface area contributed by atoms with Crippen LogP contribution in [0.15, 0.2) is 10.7 Å². The Kier molecular flexibility index (Phi) is 8.34. The van der Waals surface area contributed by atoms with E-state index < -0.39 is 0 Å². The summed E-state index contributed by atoms with van der Waals surface area (Å²) < 4.78 is 8.75. The third-order valence-corrected chi connectivity index (χ3v) is 3.61. The highest BCUT2D eigenvalue weighted by Crippen LogP contribution is 2.25. The first-order chi connectivity index (χ1) is 9.24. The summed E-state index contributed by atoms with van der Waals surface area (Å²) in [6.45, 7) is 9.97. The lowest BCUT2D eigenvalue weighted by Crippen LogP contribution is -2.26. The molecule has 0 radical (unpaired) electrons. The number of aryl methyl sites for hydroxylation is 1. The second kappa shape index (κ2) is 9.50. The average molecular weight is 332 g/mol. The molecule has 1 unspecified atom stereocenters. The molecular formula is C14H26BrN3O. The summed E-state index contributed by atoms with van der Waals surface area (Å²) in [6.07, 6.45) is 5.06. The molecule has 4 nitrogen and oxygen atoms in total. The van der Waals surface area contributed by atoms with E-state index in [9.17, 15) is 0 Å². The molecule has 1 aromatic heterocycles. The molecule has 0 amide bonds. The summed E-state index contributed by atoms with van der Waals surface area (Å²) in [5.74, 6) is 0. The zero-order chi connectivity index (χ0) is 14.1. The van der Waals surface area contributed by atoms with E-state index in [1.165, 1.54) is 5.69 Å². The average Bonchev–Trinajstić information content (AvgIpc) is 2.79. The van der Waals surface area contributed by atoms with Crippen LogP contribution in [0.2, 0.25) is 0 Å². The number of ether oxygens (including phenoxy) is 1. The van der Waals surface area contributed by atoms with Gasteiger partial charge >= 0.3 is 0 Å². The van der Waals surface area contributed by atoms with Crippen LogP contribution in [0, 0.1) is 0 Å². The summed E-state index contributed by atoms with van der Waals surface area (Å²) in [5, 5.41) is 7.99. The number of rotatable bonds is 10. The first-order valence-corrected chi connectivity index (χ1v) is 8.06. The van der Waals surface area contributed by atoms with Gasteiger partial charge in [0.25, 0.3) is 0 Å². The molecule has 0 aromatic carbocycles. The second-order valence-corrected chi connectivity index (χ2v) is 5.46. The van der Waals surface area contributed by atoms with Crippen molar-refractivity contribution in [3.05, 3.63) is 16.4 Å². The summed E-state index contributed by atoms with van der Waals surface area (Å²) in [4.78, 5) is 0. The number of halogens is 1. The van der Waals surface area contributed by atoms with Gasteiger partial charge in [-0.15, -0.1) is 0 Å². The molecule has 1 rings (SSSR count). The topological polar surface area (TPSA) is 39.1 Å². The van der Waals surface area contributed by atoms with Gasteiger partial charge < -0.3 is 10.1 Å². The van der Waals surface area contributed by atoms with Crippen molar-refractivity contribution in [1.29, 1.82) is 0 Å². The zero-order valence-corrected chi connectivity index (χ0v) is 13.9. The Labute approximate surface area is 125 Å². The third kappa shape index (κ3) is 5.24. The first-order valence-electron chi connectivity index (χ1n) is 7.26. The highest BCUT2D eigenvalue weighted by atomic mass is 79.9. The van der Waals surface area contributed by atoms with Crippen LogP contribution < -0.4 is 5.32 Å². The van der Waals surface area contributed by atoms with Gasteiger partial charge in [-0.1, -0.05) is 13.8 Å². The Balaban J connectivity index is 2.68. The molecule has 110 valence electrons. The van der Waals surface area contributed by atoms with Crippen molar-refractivity contribution in [2.75, 3.05) is 19.8 Å². The zero-order valence-electron chi connectivity index (χ0n) is 12.3. The van der Waals surface area contributed by atoms with Gasteiger partial charge in [0, 0.05) is 19.8 Å². The molecule has 0 saturated heterocycles. The van der Waals surface area contributed by atoms with Gasteiger partial charge in [-0.3, -0.25) is 4.68 Å². The molecule has 0 bridgehead atoms. The molecule has 1 atom stereocenters. The number of hydrogen-bond donors (Lipinski definition) is 1. The van der Waals surface area contributed by atoms with E-state index in [-0.39, 0.29) is 0 Å². The quantitative estimate of drug-likeness (QED) is 0.666. The fourth-order valence-corrected chi connectivity index (χ4v) is 2.64. The van der Waals surface area contributed by atoms with Crippen molar-refractivity contribution >= 4 is 15.9 Å². The Bertz CT molecular complexity index is 354. The predicted octanol–water partition coefficient (Wildman–Crippen LogP) is 3.52. The fourth-order valence-electron chi connectivity index (χ4n) is 2.07. The van der Waals surface area contributed by atoms with Crippen molar-refractivity contribution in [1.82, 2.24) is 15.1 Å². The van der Waals surface area contributed by atoms with Crippen molar-refractivity contribution < 1.29 is 4.74 Å². The monoisotopic (exact) mass is 331 g/mol. The molecule has 0 spiro atoms. The van der Waals surface area contributed by atoms with E-state index in [0.717, 1.165) is 50.0 Å². The third-order valence-electron chi connectivity index (χ3n) is 3.00. The van der Waals surface area contributed by atoms with Gasteiger partial charge in [0.15, 0.2) is 0 Å². The molecule has 0 aliphatic carbocycles. The number of hydrogen-bond acceptors (Lipinski definition) is 3. The van der Waals surface area contributed by atoms with E-state index in [1.807, 2.05) is 6.20 Å². The first kappa shape index (κ1) is 16.7. The van der Waals surface area contributed by atoms with Gasteiger partial charge in [-0.2, -0.15) is 5.10 Å². The van der Waals surface area contributed by atoms with Crippen LogP contribution in [0.1, 0.15) is 51.8 Å². The van der Waals surface area contributed by atoms with E-state index in [4.69, 9.17) is 4.74 Å². The number of nitrogens with one attached hydrogen (secondary N) is 1. The summed E-state index contributed by atoms with van der Waals surface area (Å²) in [7, 11) is 0. The Morgan fingerprint density at radius 3 is 2.74 bits per heavy atom. The molecule has 0 fully saturated rings. The van der Waals surface area contributed by atoms with Crippen LogP contribution in [-0.2, 0) is 11.3 Å². The van der Waals surface area contributed by atoms with Crippen molar-refractivity contribution in [3.8, 4) is 0 Å². The lowest BCUT2D eigenvalue weighted by Gasteiger charge is -2.20. The van der Waals surface area contributed by atoms with Gasteiger partial charge in [-0.05, 0) is 48.7 Å². The highest BCUT2D eigenvalue weighted by Gasteiger charge is 2.18. The molecule has 1 heterocycles. The minimum absolute atomic E-state index is 0.300. The van der Waals surface area contributed by atoms with E-state index >= 15 is 0 Å². The largest absolute Gasteiger partial charge is 0.381 e. The fraction of sp³-hybridized carbons (Fsp3) is 0.786. The van der Waals surface area contributed by atoms with Gasteiger partial charge in [-0.25, -0.2) is 0 Å². The summed E-state index contributed by atoms with van der Waals surface area (Å²) in [5.41, 5.74) is 1.23. The maximum absolute atomic E-state index is 5.62. The molecular weight excluding hydrogens is 306 g/mol. The predicted molar refractivity (Wildman–Crippen MR) is 82.4 cm³/mol. The van der Waals surface area contributed by atoms with Crippen molar-refractivity contribution in [3.63, 3.8) is 0 Å². The Hall–Kier alpha value is -0.390. The maximum Gasteiger partial charge on any atom is 0.0696 e. The Morgan fingerprint density at radius 2 is 2.11 bits per heavy atom. The standard InChI is InChI=1S/C14H26BrN3O/c1-4-8-16-13(7-10-19-9-5-2)14-12(15)11-17-18(14)6-3/h11,13,16H,4-10H2,1-3H3. The Morgan fingerprint density at radius 1 is 1.32 bits per heavy atom. The summed E-state index contributed by atoms with van der Waals surface area (Å²) in [6, 6.07) is 0.300. The molecule has 0 aliphatic heterocycles. The second-order valence-electron chi connectivity index (χ2n) is 4.60. The van der Waals surface area contributed by atoms with Crippen LogP contribution in [0.3, 0.4) is 0 Å². The molecule has 0 saturated carbocycles. The number of nitrogens with zero attached hydrogens (tertiary/aromatic N) is 2. The lowest BCUT2D eigenvalue weighted by atomic mass is 10.1. The minimum Gasteiger partial charge on any atom is -0.381 e. The van der Waals surface area contributed by atoms with E-state index in [1.54, 1.807) is 0 Å². The maximum atomic E-state index is 5.62. The SMILES string of the molecule is CCCNC(CCOCCC)c1c(Br)cnn1CC. The lowest BCUT2D eigenvalue weighted by molar-refractivity contribution is 0.123. The molecule has 5 heteroatoms. The normalized spacial score (nSPS) is 12.8. The van der Waals surface area contributed by atoms with E-state index in [2.05, 4.69) is 51.8 Å². The molecule has 0 aliphatic rings. The van der Waals surface area contributed by atoms with Crippen LogP contribution in [0.5, 0.6) is 0 Å². The van der Waals surface area contributed by atoms with Crippen LogP contribution in [-0.4, -0.2) is 29.5 Å². The van der Waals surface area contributed by atoms with Crippen LogP contribution >= 0.6 is 15.9 Å². The molecule has 1 aromatic rings. The van der Waals surface area contributed by atoms with Crippen LogP contribution in [0.4, 0.5) is 0 Å². The summed E-state index contributed by atoms with van der Waals surface area (Å²) >= 11 is 3.61. The highest BCUT2D eigenvalue weighted by molar-refractivity contribution is 9.10. The minimum atomic E-state index is 0.300. The van der Waals surface area contributed by atoms with Gasteiger partial charge in [0.05, 0.1) is 22.4 Å². The van der Waals surface area contributed by atoms with Crippen LogP contribution in [0.25, 0.3) is 0 Å². The van der Waals surface area contributed by atoms with E-state index in [0.29, 0.717) is 6.04 Å². The van der Waals surface area contributed by atoms with Crippen molar-refractivity contribution in [2.24, 2.45) is 0 Å². The van der Waals surface area contributed by atoms with Gasteiger partial charge in [0.1, 0.15) is 0 Å². The van der Waals surface area contributed by atoms with Crippen molar-refractivity contribution in [2.45, 2.75) is 52.6 Å². The smallest absolute Gasteiger partial charge is 0.0696 e. The molecule has 19 heavy (non-hydrogen) atoms.